The van der Waals surface area contributed by atoms with Gasteiger partial charge in [-0.3, -0.25) is 9.63 Å². The van der Waals surface area contributed by atoms with Crippen LogP contribution in [0.25, 0.3) is 0 Å². The predicted octanol–water partition coefficient (Wildman–Crippen LogP) is 0.420. The van der Waals surface area contributed by atoms with E-state index in [4.69, 9.17) is 10.6 Å². The lowest BCUT2D eigenvalue weighted by molar-refractivity contribution is -0.176. The van der Waals surface area contributed by atoms with E-state index >= 15 is 0 Å². The molecule has 1 aliphatic heterocycles. The molecule has 13 heavy (non-hydrogen) atoms. The van der Waals surface area contributed by atoms with Crippen molar-refractivity contribution in [1.82, 2.24) is 5.06 Å². The van der Waals surface area contributed by atoms with Gasteiger partial charge in [0.1, 0.15) is 6.04 Å². The Hall–Kier alpha value is -0.610. The van der Waals surface area contributed by atoms with Crippen molar-refractivity contribution < 1.29 is 9.63 Å². The molecule has 2 rings (SSSR count). The molecule has 74 valence electrons. The first-order valence-corrected chi connectivity index (χ1v) is 5.00. The van der Waals surface area contributed by atoms with E-state index in [0.29, 0.717) is 6.61 Å². The Bertz CT molecular complexity index is 202. The van der Waals surface area contributed by atoms with Gasteiger partial charge in [0, 0.05) is 0 Å². The summed E-state index contributed by atoms with van der Waals surface area (Å²) in [5.41, 5.74) is 5.56. The zero-order chi connectivity index (χ0) is 9.26. The van der Waals surface area contributed by atoms with E-state index in [1.807, 2.05) is 0 Å². The van der Waals surface area contributed by atoms with Crippen molar-refractivity contribution >= 4 is 5.91 Å². The van der Waals surface area contributed by atoms with Crippen LogP contribution >= 0.6 is 0 Å². The maximum Gasteiger partial charge on any atom is 0.265 e. The molecule has 1 saturated heterocycles. The van der Waals surface area contributed by atoms with Crippen molar-refractivity contribution in [3.63, 3.8) is 0 Å². The molecule has 2 fully saturated rings. The summed E-state index contributed by atoms with van der Waals surface area (Å²) in [6.07, 6.45) is 5.82. The molecule has 0 aromatic carbocycles. The van der Waals surface area contributed by atoms with Gasteiger partial charge in [-0.05, 0) is 12.8 Å². The Morgan fingerprint density at radius 1 is 1.31 bits per heavy atom. The second-order valence-electron chi connectivity index (χ2n) is 3.86. The number of amides is 1. The molecule has 0 bridgehead atoms. The van der Waals surface area contributed by atoms with E-state index in [0.717, 1.165) is 12.8 Å². The van der Waals surface area contributed by atoms with E-state index in [9.17, 15) is 4.79 Å². The lowest BCUT2D eigenvalue weighted by Crippen LogP contribution is -2.41. The fourth-order valence-corrected chi connectivity index (χ4v) is 2.06. The highest BCUT2D eigenvalue weighted by molar-refractivity contribution is 5.82. The van der Waals surface area contributed by atoms with Crippen molar-refractivity contribution in [2.24, 2.45) is 5.73 Å². The molecule has 1 atom stereocenters. The third kappa shape index (κ3) is 1.69. The number of nitrogens with zero attached hydrogens (tertiary/aromatic N) is 1. The van der Waals surface area contributed by atoms with Gasteiger partial charge in [0.15, 0.2) is 0 Å². The molecule has 1 heterocycles. The summed E-state index contributed by atoms with van der Waals surface area (Å²) in [6, 6.07) is -0.142. The van der Waals surface area contributed by atoms with E-state index in [1.54, 1.807) is 0 Å². The minimum Gasteiger partial charge on any atom is -0.318 e. The maximum absolute atomic E-state index is 11.5. The van der Waals surface area contributed by atoms with Crippen molar-refractivity contribution in [3.05, 3.63) is 0 Å². The average Bonchev–Trinajstić information content (AvgIpc) is 2.49. The third-order valence-corrected chi connectivity index (χ3v) is 2.83. The molecular formula is C9H16N2O2. The highest BCUT2D eigenvalue weighted by atomic mass is 16.7. The zero-order valence-corrected chi connectivity index (χ0v) is 7.74. The van der Waals surface area contributed by atoms with Gasteiger partial charge in [0.2, 0.25) is 0 Å². The average molecular weight is 184 g/mol. The molecule has 0 aromatic heterocycles. The van der Waals surface area contributed by atoms with Crippen LogP contribution in [0, 0.1) is 0 Å². The van der Waals surface area contributed by atoms with Crippen LogP contribution in [0.5, 0.6) is 0 Å². The molecule has 4 heteroatoms. The molecule has 2 N–H and O–H groups in total. The van der Waals surface area contributed by atoms with Crippen LogP contribution in [0.4, 0.5) is 0 Å². The molecule has 0 spiro atoms. The van der Waals surface area contributed by atoms with Crippen molar-refractivity contribution in [2.45, 2.75) is 44.2 Å². The molecule has 1 saturated carbocycles. The summed E-state index contributed by atoms with van der Waals surface area (Å²) < 4.78 is 0. The summed E-state index contributed by atoms with van der Waals surface area (Å²) in [5.74, 6) is -0.0353. The second-order valence-corrected chi connectivity index (χ2v) is 3.86. The number of carbonyl (C=O) groups is 1. The summed E-state index contributed by atoms with van der Waals surface area (Å²) in [7, 11) is 0. The Morgan fingerprint density at radius 2 is 2.00 bits per heavy atom. The molecule has 1 unspecified atom stereocenters. The largest absolute Gasteiger partial charge is 0.318 e. The Balaban J connectivity index is 1.96. The van der Waals surface area contributed by atoms with Crippen LogP contribution in [0.3, 0.4) is 0 Å². The first-order chi connectivity index (χ1) is 6.29. The van der Waals surface area contributed by atoms with Gasteiger partial charge in [-0.15, -0.1) is 0 Å². The predicted molar refractivity (Wildman–Crippen MR) is 47.6 cm³/mol. The van der Waals surface area contributed by atoms with Gasteiger partial charge >= 0.3 is 0 Å². The molecule has 2 aliphatic rings. The topological polar surface area (TPSA) is 55.6 Å². The van der Waals surface area contributed by atoms with Crippen molar-refractivity contribution in [2.75, 3.05) is 6.61 Å². The number of hydrogen-bond donors (Lipinski definition) is 1. The first-order valence-electron chi connectivity index (χ1n) is 5.00. The number of nitrogens with two attached hydrogens (primary N) is 1. The minimum atomic E-state index is -0.429. The molecular weight excluding hydrogens is 168 g/mol. The van der Waals surface area contributed by atoms with Gasteiger partial charge in [-0.1, -0.05) is 19.3 Å². The van der Waals surface area contributed by atoms with Crippen LogP contribution in [0.2, 0.25) is 0 Å². The molecule has 1 aliphatic carbocycles. The van der Waals surface area contributed by atoms with Crippen molar-refractivity contribution in [3.8, 4) is 0 Å². The lowest BCUT2D eigenvalue weighted by atomic mass is 9.95. The summed E-state index contributed by atoms with van der Waals surface area (Å²) in [6.45, 7) is 0.356. The monoisotopic (exact) mass is 184 g/mol. The minimum absolute atomic E-state index is 0.0353. The van der Waals surface area contributed by atoms with E-state index in [2.05, 4.69) is 0 Å². The molecule has 0 aromatic rings. The Morgan fingerprint density at radius 3 is 2.54 bits per heavy atom. The van der Waals surface area contributed by atoms with Crippen LogP contribution in [-0.4, -0.2) is 29.7 Å². The highest BCUT2D eigenvalue weighted by Crippen LogP contribution is 2.25. The van der Waals surface area contributed by atoms with E-state index in [1.165, 1.54) is 24.3 Å². The maximum atomic E-state index is 11.5. The summed E-state index contributed by atoms with van der Waals surface area (Å²) >= 11 is 0. The molecule has 1 amide bonds. The van der Waals surface area contributed by atoms with Crippen LogP contribution in [0.15, 0.2) is 0 Å². The number of carbonyl (C=O) groups excluding carboxylic acids is 1. The van der Waals surface area contributed by atoms with Gasteiger partial charge < -0.3 is 5.73 Å². The van der Waals surface area contributed by atoms with Gasteiger partial charge in [0.05, 0.1) is 12.6 Å². The summed E-state index contributed by atoms with van der Waals surface area (Å²) in [5, 5.41) is 1.52. The number of hydroxylamine groups is 2. The highest BCUT2D eigenvalue weighted by Gasteiger charge is 2.35. The van der Waals surface area contributed by atoms with Gasteiger partial charge in [-0.25, -0.2) is 5.06 Å². The zero-order valence-electron chi connectivity index (χ0n) is 7.74. The standard InChI is InChI=1S/C9H16N2O2/c10-8-6-13-11(9(8)12)7-4-2-1-3-5-7/h7-8H,1-6,10H2. The smallest absolute Gasteiger partial charge is 0.265 e. The molecule has 4 nitrogen and oxygen atoms in total. The van der Waals surface area contributed by atoms with Gasteiger partial charge in [0.25, 0.3) is 5.91 Å². The fourth-order valence-electron chi connectivity index (χ4n) is 2.06. The number of hydrogen-bond acceptors (Lipinski definition) is 3. The first kappa shape index (κ1) is 8.97. The van der Waals surface area contributed by atoms with Crippen molar-refractivity contribution in [1.29, 1.82) is 0 Å². The van der Waals surface area contributed by atoms with E-state index in [-0.39, 0.29) is 11.9 Å². The molecule has 0 radical (unpaired) electrons. The van der Waals surface area contributed by atoms with Gasteiger partial charge in [-0.2, -0.15) is 0 Å². The van der Waals surface area contributed by atoms with Crippen LogP contribution in [-0.2, 0) is 9.63 Å². The van der Waals surface area contributed by atoms with E-state index < -0.39 is 6.04 Å². The lowest BCUT2D eigenvalue weighted by Gasteiger charge is -2.29. The van der Waals surface area contributed by atoms with Crippen LogP contribution in [0.1, 0.15) is 32.1 Å². The van der Waals surface area contributed by atoms with Crippen LogP contribution < -0.4 is 5.73 Å². The second kappa shape index (κ2) is 3.64. The number of rotatable bonds is 1. The third-order valence-electron chi connectivity index (χ3n) is 2.83. The summed E-state index contributed by atoms with van der Waals surface area (Å²) in [4.78, 5) is 16.8. The normalized spacial score (nSPS) is 31.3. The SMILES string of the molecule is NC1CON(C2CCCCC2)C1=O. The Kier molecular flexibility index (Phi) is 2.51. The quantitative estimate of drug-likeness (QED) is 0.642. The Labute approximate surface area is 78.0 Å². The fraction of sp³-hybridized carbons (Fsp3) is 0.889.